The van der Waals surface area contributed by atoms with Crippen LogP contribution in [0.25, 0.3) is 0 Å². The van der Waals surface area contributed by atoms with Crippen molar-refractivity contribution in [2.24, 2.45) is 11.3 Å². The van der Waals surface area contributed by atoms with Crippen molar-refractivity contribution in [2.75, 3.05) is 44.3 Å². The van der Waals surface area contributed by atoms with Crippen LogP contribution in [-0.4, -0.2) is 113 Å². The first kappa shape index (κ1) is 43.6. The maximum absolute atomic E-state index is 13.8. The lowest BCUT2D eigenvalue weighted by atomic mass is 9.70. The van der Waals surface area contributed by atoms with E-state index in [2.05, 4.69) is 17.2 Å². The molecule has 49 heavy (non-hydrogen) atoms. The highest BCUT2D eigenvalue weighted by Crippen LogP contribution is 2.48. The van der Waals surface area contributed by atoms with E-state index in [1.54, 1.807) is 23.6 Å². The van der Waals surface area contributed by atoms with Crippen molar-refractivity contribution in [3.63, 3.8) is 0 Å². The molecule has 1 aromatic rings. The van der Waals surface area contributed by atoms with Crippen LogP contribution in [0, 0.1) is 11.3 Å². The standard InChI is InChI=1S/C25H37F3N4O3.C2HF3O2.CHF3.CH2O2/c1-17-16-35-13-6-20(17)30-19-4-7-24(15-19,23(2,3)34)22(33)32-11-9-31(10-12-32)21-14-18(5-8-29-21)25(26,27)28;3-2(4,5)1(6)7;2-1(3)4;2-1-3/h5,8,14,17,19-20,30,34H,4,6-7,9-13,15-16H2,1-3H3;(H,6,7);1H;1H,(H,2,3)/t17?,19-,20?,24-;;;/m1.../s1. The zero-order valence-electron chi connectivity index (χ0n) is 26.9. The van der Waals surface area contributed by atoms with Crippen molar-refractivity contribution in [3.8, 4) is 0 Å². The van der Waals surface area contributed by atoms with Crippen LogP contribution in [0.3, 0.4) is 0 Å². The van der Waals surface area contributed by atoms with Gasteiger partial charge in [-0.3, -0.25) is 9.59 Å². The van der Waals surface area contributed by atoms with Crippen molar-refractivity contribution in [3.05, 3.63) is 23.9 Å². The van der Waals surface area contributed by atoms with Gasteiger partial charge in [0.15, 0.2) is 0 Å². The second-order valence-electron chi connectivity index (χ2n) is 12.0. The van der Waals surface area contributed by atoms with Crippen molar-refractivity contribution in [1.82, 2.24) is 15.2 Å². The number of aliphatic carboxylic acids is 1. The second-order valence-corrected chi connectivity index (χ2v) is 12.0. The molecule has 3 aliphatic rings. The van der Waals surface area contributed by atoms with Gasteiger partial charge in [-0.15, -0.1) is 0 Å². The van der Waals surface area contributed by atoms with E-state index < -0.39 is 41.6 Å². The highest BCUT2D eigenvalue weighted by atomic mass is 19.4. The molecule has 0 aromatic carbocycles. The third-order valence-corrected chi connectivity index (χ3v) is 8.39. The summed E-state index contributed by atoms with van der Waals surface area (Å²) >= 11 is 0. The number of anilines is 1. The Balaban J connectivity index is 0.000000727. The normalized spacial score (nSPS) is 24.4. The maximum Gasteiger partial charge on any atom is 0.490 e. The molecule has 0 spiro atoms. The van der Waals surface area contributed by atoms with Crippen LogP contribution in [0.15, 0.2) is 18.3 Å². The third-order valence-electron chi connectivity index (χ3n) is 8.39. The number of piperazine rings is 1. The first-order valence-corrected chi connectivity index (χ1v) is 14.9. The van der Waals surface area contributed by atoms with Gasteiger partial charge in [0.25, 0.3) is 6.47 Å². The van der Waals surface area contributed by atoms with Gasteiger partial charge < -0.3 is 35.2 Å². The third kappa shape index (κ3) is 13.4. The lowest BCUT2D eigenvalue weighted by molar-refractivity contribution is -0.192. The van der Waals surface area contributed by atoms with Crippen LogP contribution in [-0.2, 0) is 25.3 Å². The van der Waals surface area contributed by atoms with Crippen LogP contribution < -0.4 is 10.2 Å². The van der Waals surface area contributed by atoms with Gasteiger partial charge in [0, 0.05) is 51.1 Å². The monoisotopic (exact) mass is 728 g/mol. The van der Waals surface area contributed by atoms with Gasteiger partial charge in [0.2, 0.25) is 5.91 Å². The van der Waals surface area contributed by atoms with Gasteiger partial charge in [0.1, 0.15) is 5.82 Å². The number of hydrogen-bond acceptors (Lipinski definition) is 8. The molecule has 1 saturated carbocycles. The SMILES string of the molecule is CC1COCCC1N[C@@H]1CC[C@@](C(=O)N2CCN(c3cc(C(F)(F)F)ccn3)CC2)(C(C)(C)O)C1.FC(F)F.O=C(O)C(F)(F)F.O=CO. The fourth-order valence-electron chi connectivity index (χ4n) is 5.84. The molecular formula is C29H41F9N4O7. The molecular weight excluding hydrogens is 687 g/mol. The van der Waals surface area contributed by atoms with E-state index >= 15 is 0 Å². The van der Waals surface area contributed by atoms with E-state index in [9.17, 15) is 49.4 Å². The summed E-state index contributed by atoms with van der Waals surface area (Å²) in [7, 11) is 0. The fourth-order valence-corrected chi connectivity index (χ4v) is 5.84. The Bertz CT molecular complexity index is 1190. The van der Waals surface area contributed by atoms with E-state index in [-0.39, 0.29) is 24.2 Å². The van der Waals surface area contributed by atoms with Gasteiger partial charge >= 0.3 is 25.0 Å². The summed E-state index contributed by atoms with van der Waals surface area (Å²) in [5, 5.41) is 28.9. The molecule has 11 nitrogen and oxygen atoms in total. The Kier molecular flexibility index (Phi) is 16.5. The number of alkyl halides is 9. The number of carbonyl (C=O) groups excluding carboxylic acids is 1. The van der Waals surface area contributed by atoms with Crippen LogP contribution in [0.2, 0.25) is 0 Å². The largest absolute Gasteiger partial charge is 0.490 e. The van der Waals surface area contributed by atoms with E-state index in [1.165, 1.54) is 6.20 Å². The number of aromatic nitrogens is 1. The lowest BCUT2D eigenvalue weighted by Gasteiger charge is -2.45. The van der Waals surface area contributed by atoms with Gasteiger partial charge in [-0.2, -0.15) is 39.5 Å². The van der Waals surface area contributed by atoms with E-state index in [0.29, 0.717) is 51.0 Å². The Labute approximate surface area is 276 Å². The average molecular weight is 729 g/mol. The number of carboxylic acid groups (broad SMARTS) is 2. The van der Waals surface area contributed by atoms with Gasteiger partial charge in [-0.1, -0.05) is 6.92 Å². The number of amides is 1. The second kappa shape index (κ2) is 18.6. The predicted octanol–water partition coefficient (Wildman–Crippen LogP) is 4.59. The molecule has 1 amide bonds. The fraction of sp³-hybridized carbons (Fsp3) is 0.724. The molecule has 0 radical (unpaired) electrons. The number of ether oxygens (including phenoxy) is 1. The number of pyridine rings is 1. The Morgan fingerprint density at radius 2 is 1.61 bits per heavy atom. The summed E-state index contributed by atoms with van der Waals surface area (Å²) in [6, 6.07) is 2.50. The molecule has 3 heterocycles. The average Bonchev–Trinajstić information content (AvgIpc) is 3.43. The number of carboxylic acids is 1. The Hall–Kier alpha value is -3.39. The summed E-state index contributed by atoms with van der Waals surface area (Å²) in [4.78, 5) is 38.8. The maximum atomic E-state index is 13.8. The first-order chi connectivity index (χ1) is 22.5. The lowest BCUT2D eigenvalue weighted by Crippen LogP contribution is -2.59. The number of halogens is 9. The predicted molar refractivity (Wildman–Crippen MR) is 155 cm³/mol. The van der Waals surface area contributed by atoms with Crippen LogP contribution in [0.5, 0.6) is 0 Å². The van der Waals surface area contributed by atoms with Crippen LogP contribution in [0.1, 0.15) is 52.0 Å². The summed E-state index contributed by atoms with van der Waals surface area (Å²) in [5.74, 6) is -2.16. The molecule has 4 rings (SSSR count). The number of aliphatic hydroxyl groups is 1. The molecule has 2 aliphatic heterocycles. The topological polar surface area (TPSA) is 153 Å². The van der Waals surface area contributed by atoms with Gasteiger partial charge in [-0.05, 0) is 57.6 Å². The van der Waals surface area contributed by atoms with Crippen LogP contribution >= 0.6 is 0 Å². The minimum absolute atomic E-state index is 0.0639. The summed E-state index contributed by atoms with van der Waals surface area (Å²) in [6.45, 7) is 4.68. The molecule has 4 atom stereocenters. The highest BCUT2D eigenvalue weighted by molar-refractivity contribution is 5.85. The number of nitrogens with zero attached hydrogens (tertiary/aromatic N) is 3. The first-order valence-electron chi connectivity index (χ1n) is 14.9. The van der Waals surface area contributed by atoms with Crippen molar-refractivity contribution in [1.29, 1.82) is 0 Å². The minimum atomic E-state index is -5.08. The summed E-state index contributed by atoms with van der Waals surface area (Å²) < 4.78 is 106. The molecule has 0 bridgehead atoms. The van der Waals surface area contributed by atoms with E-state index in [4.69, 9.17) is 24.5 Å². The molecule has 282 valence electrons. The van der Waals surface area contributed by atoms with E-state index in [1.807, 2.05) is 0 Å². The van der Waals surface area contributed by atoms with Gasteiger partial charge in [0.05, 0.1) is 23.2 Å². The number of hydrogen-bond donors (Lipinski definition) is 4. The zero-order chi connectivity index (χ0) is 37.8. The Morgan fingerprint density at radius 1 is 1.08 bits per heavy atom. The molecule has 3 fully saturated rings. The van der Waals surface area contributed by atoms with E-state index in [0.717, 1.165) is 38.2 Å². The minimum Gasteiger partial charge on any atom is -0.483 e. The van der Waals surface area contributed by atoms with Crippen molar-refractivity contribution >= 4 is 24.2 Å². The molecule has 1 aromatic heterocycles. The number of nitrogens with one attached hydrogen (secondary N) is 1. The molecule has 20 heteroatoms. The number of rotatable bonds is 5. The highest BCUT2D eigenvalue weighted by Gasteiger charge is 2.56. The smallest absolute Gasteiger partial charge is 0.483 e. The zero-order valence-corrected chi connectivity index (χ0v) is 26.9. The summed E-state index contributed by atoms with van der Waals surface area (Å²) in [6.07, 6.45) is -5.43. The number of carbonyl (C=O) groups is 3. The van der Waals surface area contributed by atoms with Crippen LogP contribution in [0.4, 0.5) is 45.3 Å². The van der Waals surface area contributed by atoms with Crippen molar-refractivity contribution in [2.45, 2.75) is 83.2 Å². The van der Waals surface area contributed by atoms with Gasteiger partial charge in [-0.25, -0.2) is 9.78 Å². The Morgan fingerprint density at radius 3 is 2.06 bits per heavy atom. The quantitative estimate of drug-likeness (QED) is 0.251. The molecule has 2 unspecified atom stereocenters. The molecule has 4 N–H and O–H groups in total. The van der Waals surface area contributed by atoms with Crippen molar-refractivity contribution < 1.29 is 74.0 Å². The molecule has 2 saturated heterocycles. The molecule has 1 aliphatic carbocycles. The summed E-state index contributed by atoms with van der Waals surface area (Å²) in [5.41, 5.74) is -2.82.